The molecule has 0 spiro atoms. The van der Waals surface area contributed by atoms with Crippen LogP contribution in [-0.4, -0.2) is 64.5 Å². The van der Waals surface area contributed by atoms with Gasteiger partial charge in [-0.15, -0.1) is 11.3 Å². The minimum Gasteiger partial charge on any atom is -0.476 e. The van der Waals surface area contributed by atoms with Crippen molar-refractivity contribution >= 4 is 23.2 Å². The van der Waals surface area contributed by atoms with Crippen LogP contribution in [0.15, 0.2) is 5.38 Å². The van der Waals surface area contributed by atoms with Crippen LogP contribution < -0.4 is 0 Å². The zero-order chi connectivity index (χ0) is 13.3. The average molecular weight is 269 g/mol. The van der Waals surface area contributed by atoms with Crippen LogP contribution in [0.25, 0.3) is 0 Å². The molecule has 1 aromatic rings. The van der Waals surface area contributed by atoms with Gasteiger partial charge in [-0.25, -0.2) is 9.78 Å². The molecule has 2 rings (SSSR count). The first-order valence-electron chi connectivity index (χ1n) is 5.67. The van der Waals surface area contributed by atoms with Crippen LogP contribution in [0.2, 0.25) is 0 Å². The molecule has 1 amide bonds. The van der Waals surface area contributed by atoms with Crippen molar-refractivity contribution in [1.82, 2.24) is 14.8 Å². The SMILES string of the molecule is CC1CN(C)CCN1C(=O)c1nc(C(=O)O)cs1. The van der Waals surface area contributed by atoms with Crippen LogP contribution >= 0.6 is 11.3 Å². The van der Waals surface area contributed by atoms with Crippen LogP contribution in [0.1, 0.15) is 27.2 Å². The zero-order valence-corrected chi connectivity index (χ0v) is 11.1. The number of rotatable bonds is 2. The summed E-state index contributed by atoms with van der Waals surface area (Å²) in [5.74, 6) is -1.27. The van der Waals surface area contributed by atoms with E-state index in [9.17, 15) is 9.59 Å². The van der Waals surface area contributed by atoms with Gasteiger partial charge in [0, 0.05) is 31.1 Å². The molecule has 1 N–H and O–H groups in total. The molecule has 0 saturated carbocycles. The smallest absolute Gasteiger partial charge is 0.355 e. The van der Waals surface area contributed by atoms with E-state index in [2.05, 4.69) is 9.88 Å². The van der Waals surface area contributed by atoms with E-state index in [0.717, 1.165) is 24.4 Å². The van der Waals surface area contributed by atoms with Crippen molar-refractivity contribution in [2.24, 2.45) is 0 Å². The molecule has 2 heterocycles. The Hall–Kier alpha value is -1.47. The van der Waals surface area contributed by atoms with Gasteiger partial charge < -0.3 is 14.9 Å². The number of aromatic nitrogens is 1. The van der Waals surface area contributed by atoms with Gasteiger partial charge in [0.05, 0.1) is 0 Å². The lowest BCUT2D eigenvalue weighted by molar-refractivity contribution is 0.0533. The van der Waals surface area contributed by atoms with E-state index >= 15 is 0 Å². The largest absolute Gasteiger partial charge is 0.476 e. The van der Waals surface area contributed by atoms with E-state index in [1.165, 1.54) is 5.38 Å². The fourth-order valence-electron chi connectivity index (χ4n) is 2.03. The summed E-state index contributed by atoms with van der Waals surface area (Å²) in [5.41, 5.74) is -0.0647. The van der Waals surface area contributed by atoms with E-state index in [0.29, 0.717) is 6.54 Å². The van der Waals surface area contributed by atoms with Gasteiger partial charge in [0.15, 0.2) is 10.7 Å². The third-order valence-electron chi connectivity index (χ3n) is 3.00. The molecular weight excluding hydrogens is 254 g/mol. The minimum absolute atomic E-state index is 0.0647. The number of amides is 1. The van der Waals surface area contributed by atoms with Gasteiger partial charge in [-0.3, -0.25) is 4.79 Å². The first kappa shape index (κ1) is 13.0. The van der Waals surface area contributed by atoms with Gasteiger partial charge in [-0.05, 0) is 14.0 Å². The molecule has 0 aliphatic carbocycles. The van der Waals surface area contributed by atoms with Gasteiger partial charge in [0.25, 0.3) is 5.91 Å². The number of thiazole rings is 1. The van der Waals surface area contributed by atoms with E-state index in [1.54, 1.807) is 4.90 Å². The lowest BCUT2D eigenvalue weighted by Crippen LogP contribution is -2.52. The number of carbonyl (C=O) groups excluding carboxylic acids is 1. The van der Waals surface area contributed by atoms with Crippen molar-refractivity contribution < 1.29 is 14.7 Å². The maximum Gasteiger partial charge on any atom is 0.355 e. The third-order valence-corrected chi connectivity index (χ3v) is 3.83. The van der Waals surface area contributed by atoms with Crippen molar-refractivity contribution in [3.05, 3.63) is 16.1 Å². The van der Waals surface area contributed by atoms with E-state index in [4.69, 9.17) is 5.11 Å². The number of hydrogen-bond donors (Lipinski definition) is 1. The highest BCUT2D eigenvalue weighted by atomic mass is 32.1. The molecule has 7 heteroatoms. The highest BCUT2D eigenvalue weighted by Crippen LogP contribution is 2.16. The molecule has 1 aliphatic rings. The number of hydrogen-bond acceptors (Lipinski definition) is 5. The van der Waals surface area contributed by atoms with E-state index in [1.807, 2.05) is 14.0 Å². The van der Waals surface area contributed by atoms with Crippen molar-refractivity contribution in [2.45, 2.75) is 13.0 Å². The summed E-state index contributed by atoms with van der Waals surface area (Å²) >= 11 is 1.09. The molecule has 1 unspecified atom stereocenters. The van der Waals surface area contributed by atoms with Crippen molar-refractivity contribution in [3.63, 3.8) is 0 Å². The van der Waals surface area contributed by atoms with Crippen molar-refractivity contribution in [1.29, 1.82) is 0 Å². The summed E-state index contributed by atoms with van der Waals surface area (Å²) in [7, 11) is 2.02. The Bertz CT molecular complexity index is 474. The average Bonchev–Trinajstić information content (AvgIpc) is 2.77. The predicted octanol–water partition coefficient (Wildman–Crippen LogP) is 0.617. The summed E-state index contributed by atoms with van der Waals surface area (Å²) < 4.78 is 0. The molecule has 18 heavy (non-hydrogen) atoms. The van der Waals surface area contributed by atoms with Gasteiger partial charge in [0.2, 0.25) is 0 Å². The Morgan fingerprint density at radius 2 is 2.22 bits per heavy atom. The summed E-state index contributed by atoms with van der Waals surface area (Å²) in [6, 6.07) is 0.119. The Kier molecular flexibility index (Phi) is 3.63. The molecule has 0 radical (unpaired) electrons. The Labute approximate surface area is 109 Å². The van der Waals surface area contributed by atoms with Crippen molar-refractivity contribution in [3.8, 4) is 0 Å². The molecule has 1 aromatic heterocycles. The number of aromatic carboxylic acids is 1. The second kappa shape index (κ2) is 5.03. The third kappa shape index (κ3) is 2.51. The Morgan fingerprint density at radius 3 is 2.78 bits per heavy atom. The first-order valence-corrected chi connectivity index (χ1v) is 6.55. The number of carboxylic acids is 1. The predicted molar refractivity (Wildman–Crippen MR) is 67.1 cm³/mol. The monoisotopic (exact) mass is 269 g/mol. The Balaban J connectivity index is 2.13. The van der Waals surface area contributed by atoms with Crippen LogP contribution in [-0.2, 0) is 0 Å². The summed E-state index contributed by atoms with van der Waals surface area (Å²) in [5, 5.41) is 10.4. The molecule has 1 fully saturated rings. The summed E-state index contributed by atoms with van der Waals surface area (Å²) in [4.78, 5) is 30.7. The molecule has 0 bridgehead atoms. The van der Waals surface area contributed by atoms with Gasteiger partial charge in [0.1, 0.15) is 0 Å². The fraction of sp³-hybridized carbons (Fsp3) is 0.545. The second-order valence-corrected chi connectivity index (χ2v) is 5.31. The minimum atomic E-state index is -1.10. The molecule has 6 nitrogen and oxygen atoms in total. The molecule has 98 valence electrons. The van der Waals surface area contributed by atoms with Gasteiger partial charge in [-0.2, -0.15) is 0 Å². The van der Waals surface area contributed by atoms with Crippen LogP contribution in [0.5, 0.6) is 0 Å². The lowest BCUT2D eigenvalue weighted by atomic mass is 10.2. The molecule has 1 saturated heterocycles. The normalized spacial score (nSPS) is 21.0. The number of piperazine rings is 1. The molecule has 1 atom stereocenters. The number of likely N-dealkylation sites (N-methyl/N-ethyl adjacent to an activating group) is 1. The number of carboxylic acid groups (broad SMARTS) is 1. The van der Waals surface area contributed by atoms with Crippen molar-refractivity contribution in [2.75, 3.05) is 26.7 Å². The number of nitrogens with zero attached hydrogens (tertiary/aromatic N) is 3. The molecular formula is C11H15N3O3S. The highest BCUT2D eigenvalue weighted by Gasteiger charge is 2.28. The topological polar surface area (TPSA) is 73.7 Å². The standard InChI is InChI=1S/C11H15N3O3S/c1-7-5-13(2)3-4-14(7)10(15)9-12-8(6-18-9)11(16)17/h6-7H,3-5H2,1-2H3,(H,16,17). The maximum absolute atomic E-state index is 12.2. The quantitative estimate of drug-likeness (QED) is 0.852. The highest BCUT2D eigenvalue weighted by molar-refractivity contribution is 7.11. The van der Waals surface area contributed by atoms with Gasteiger partial charge in [-0.1, -0.05) is 0 Å². The lowest BCUT2D eigenvalue weighted by Gasteiger charge is -2.37. The first-order chi connectivity index (χ1) is 8.49. The summed E-state index contributed by atoms with van der Waals surface area (Å²) in [6.07, 6.45) is 0. The fourth-order valence-corrected chi connectivity index (χ4v) is 2.78. The Morgan fingerprint density at radius 1 is 1.50 bits per heavy atom. The maximum atomic E-state index is 12.2. The summed E-state index contributed by atoms with van der Waals surface area (Å²) in [6.45, 7) is 4.29. The number of carbonyl (C=O) groups is 2. The molecule has 0 aromatic carbocycles. The van der Waals surface area contributed by atoms with E-state index < -0.39 is 5.97 Å². The second-order valence-electron chi connectivity index (χ2n) is 4.45. The van der Waals surface area contributed by atoms with Gasteiger partial charge >= 0.3 is 5.97 Å². The van der Waals surface area contributed by atoms with Crippen LogP contribution in [0.4, 0.5) is 0 Å². The zero-order valence-electron chi connectivity index (χ0n) is 10.3. The van der Waals surface area contributed by atoms with Crippen LogP contribution in [0.3, 0.4) is 0 Å². The van der Waals surface area contributed by atoms with E-state index in [-0.39, 0.29) is 22.7 Å². The van der Waals surface area contributed by atoms with Crippen LogP contribution in [0, 0.1) is 0 Å². The molecule has 1 aliphatic heterocycles.